The monoisotopic (exact) mass is 683 g/mol. The third-order valence-corrected chi connectivity index (χ3v) is 9.66. The molecule has 1 saturated heterocycles. The number of pyridine rings is 1. The van der Waals surface area contributed by atoms with E-state index < -0.39 is 17.9 Å². The Bertz CT molecular complexity index is 1870. The molecule has 49 heavy (non-hydrogen) atoms. The number of nitrogens with one attached hydrogen (secondary N) is 1. The molecule has 0 saturated carbocycles. The van der Waals surface area contributed by atoms with E-state index in [9.17, 15) is 23.2 Å². The molecule has 1 aliphatic rings. The maximum Gasteiger partial charge on any atom is 0.340 e. The number of ether oxygens (including phenoxy) is 1. The molecule has 0 radical (unpaired) electrons. The summed E-state index contributed by atoms with van der Waals surface area (Å²) in [6.07, 6.45) is 1.51. The van der Waals surface area contributed by atoms with Gasteiger partial charge in [-0.3, -0.25) is 18.8 Å². The van der Waals surface area contributed by atoms with Crippen LogP contribution in [0, 0.1) is 11.6 Å². The highest BCUT2D eigenvalue weighted by atomic mass is 32.2. The molecular formula is C37H35F2N5O4S. The molecule has 2 amide bonds. The number of para-hydroxylation sites is 1. The number of amides is 2. The first-order chi connectivity index (χ1) is 23.7. The maximum atomic E-state index is 14.2. The lowest BCUT2D eigenvalue weighted by molar-refractivity contribution is -0.136. The van der Waals surface area contributed by atoms with Gasteiger partial charge >= 0.3 is 5.97 Å². The van der Waals surface area contributed by atoms with Crippen LogP contribution in [0.5, 0.6) is 0 Å². The fraction of sp³-hybridized carbons (Fsp3) is 0.243. The Balaban J connectivity index is 1.25. The number of aromatic nitrogens is 2. The van der Waals surface area contributed by atoms with Gasteiger partial charge in [0.05, 0.1) is 18.2 Å². The van der Waals surface area contributed by atoms with Crippen molar-refractivity contribution in [1.29, 1.82) is 0 Å². The molecule has 1 fully saturated rings. The molecule has 1 N–H and O–H groups in total. The molecule has 5 aromatic rings. The van der Waals surface area contributed by atoms with Gasteiger partial charge in [-0.25, -0.2) is 18.6 Å². The first-order valence-corrected chi connectivity index (χ1v) is 16.8. The Morgan fingerprint density at radius 3 is 2.14 bits per heavy atom. The van der Waals surface area contributed by atoms with Crippen LogP contribution in [0.2, 0.25) is 0 Å². The van der Waals surface area contributed by atoms with Gasteiger partial charge < -0.3 is 14.6 Å². The van der Waals surface area contributed by atoms with Gasteiger partial charge in [-0.2, -0.15) is 0 Å². The summed E-state index contributed by atoms with van der Waals surface area (Å²) in [5.74, 6) is -2.01. The van der Waals surface area contributed by atoms with Crippen molar-refractivity contribution in [2.75, 3.05) is 32.8 Å². The number of esters is 1. The van der Waals surface area contributed by atoms with Gasteiger partial charge in [-0.15, -0.1) is 0 Å². The van der Waals surface area contributed by atoms with Gasteiger partial charge in [-0.05, 0) is 73.5 Å². The zero-order chi connectivity index (χ0) is 34.5. The summed E-state index contributed by atoms with van der Waals surface area (Å²) < 4.78 is 34.2. The van der Waals surface area contributed by atoms with Crippen LogP contribution in [0.1, 0.15) is 51.9 Å². The van der Waals surface area contributed by atoms with E-state index in [2.05, 4.69) is 14.9 Å². The van der Waals surface area contributed by atoms with Crippen LogP contribution in [0.4, 0.5) is 8.78 Å². The summed E-state index contributed by atoms with van der Waals surface area (Å²) in [6, 6.07) is 23.7. The molecule has 12 heteroatoms. The average Bonchev–Trinajstić information content (AvgIpc) is 3.57. The van der Waals surface area contributed by atoms with E-state index in [-0.39, 0.29) is 46.5 Å². The highest BCUT2D eigenvalue weighted by Gasteiger charge is 2.36. The van der Waals surface area contributed by atoms with E-state index >= 15 is 0 Å². The number of fused-ring (bicyclic) bond motifs is 1. The van der Waals surface area contributed by atoms with E-state index in [1.165, 1.54) is 34.8 Å². The second kappa shape index (κ2) is 15.0. The number of rotatable bonds is 10. The van der Waals surface area contributed by atoms with Crippen molar-refractivity contribution in [3.8, 4) is 0 Å². The number of carbonyl (C=O) groups excluding carboxylic acids is 3. The summed E-state index contributed by atoms with van der Waals surface area (Å²) in [6.45, 7) is 5.21. The molecule has 252 valence electrons. The van der Waals surface area contributed by atoms with Crippen molar-refractivity contribution in [2.45, 2.75) is 31.0 Å². The lowest BCUT2D eigenvalue weighted by Gasteiger charge is -2.41. The van der Waals surface area contributed by atoms with E-state index in [1.54, 1.807) is 61.2 Å². The molecule has 2 aromatic heterocycles. The molecule has 0 spiro atoms. The fourth-order valence-corrected chi connectivity index (χ4v) is 6.97. The predicted octanol–water partition coefficient (Wildman–Crippen LogP) is 6.49. The largest absolute Gasteiger partial charge is 0.462 e. The molecule has 0 aliphatic carbocycles. The van der Waals surface area contributed by atoms with Gasteiger partial charge in [0.25, 0.3) is 5.91 Å². The number of hydrogen-bond acceptors (Lipinski definition) is 7. The van der Waals surface area contributed by atoms with Crippen molar-refractivity contribution >= 4 is 40.6 Å². The molecular weight excluding hydrogens is 649 g/mol. The van der Waals surface area contributed by atoms with Crippen molar-refractivity contribution < 1.29 is 27.9 Å². The second-order valence-electron chi connectivity index (χ2n) is 11.6. The first kappa shape index (κ1) is 33.8. The van der Waals surface area contributed by atoms with Crippen LogP contribution in [0.15, 0.2) is 102 Å². The normalized spacial score (nSPS) is 14.2. The summed E-state index contributed by atoms with van der Waals surface area (Å²) in [4.78, 5) is 52.5. The Morgan fingerprint density at radius 1 is 0.898 bits per heavy atom. The van der Waals surface area contributed by atoms with Crippen LogP contribution >= 0.6 is 11.9 Å². The molecule has 0 bridgehead atoms. The van der Waals surface area contributed by atoms with E-state index in [0.29, 0.717) is 26.2 Å². The third kappa shape index (κ3) is 7.50. The minimum Gasteiger partial charge on any atom is -0.462 e. The summed E-state index contributed by atoms with van der Waals surface area (Å²) in [5, 5.41) is 1.07. The number of piperazine rings is 1. The van der Waals surface area contributed by atoms with Gasteiger partial charge in [0.2, 0.25) is 5.91 Å². The summed E-state index contributed by atoms with van der Waals surface area (Å²) in [5.41, 5.74) is 2.94. The van der Waals surface area contributed by atoms with E-state index in [1.807, 2.05) is 24.3 Å². The Labute approximate surface area is 287 Å². The number of benzene rings is 3. The molecule has 1 aliphatic heterocycles. The van der Waals surface area contributed by atoms with Crippen LogP contribution in [-0.2, 0) is 9.53 Å². The second-order valence-corrected chi connectivity index (χ2v) is 12.6. The van der Waals surface area contributed by atoms with Crippen LogP contribution in [0.3, 0.4) is 0 Å². The highest BCUT2D eigenvalue weighted by Crippen LogP contribution is 2.32. The summed E-state index contributed by atoms with van der Waals surface area (Å²) >= 11 is 0.918. The lowest BCUT2D eigenvalue weighted by atomic mass is 9.96. The zero-order valence-electron chi connectivity index (χ0n) is 27.0. The topological polar surface area (TPSA) is 98.8 Å². The lowest BCUT2D eigenvalue weighted by Crippen LogP contribution is -2.54. The SMILES string of the molecule is CCOC(=O)c1cccnc1SN(C(=O)c1cc2ccccc2[nH]1)[C@H](C)C(=O)N1CCN(C(c2ccc(F)cc2)c2ccc(F)cc2)CC1. The van der Waals surface area contributed by atoms with Gasteiger partial charge in [-0.1, -0.05) is 42.5 Å². The van der Waals surface area contributed by atoms with Gasteiger partial charge in [0, 0.05) is 55.2 Å². The number of nitrogens with zero attached hydrogens (tertiary/aromatic N) is 4. The Kier molecular flexibility index (Phi) is 10.4. The Hall–Kier alpha value is -5.07. The average molecular weight is 684 g/mol. The van der Waals surface area contributed by atoms with Gasteiger partial charge in [0.15, 0.2) is 0 Å². The quantitative estimate of drug-likeness (QED) is 0.133. The molecule has 6 rings (SSSR count). The van der Waals surface area contributed by atoms with Crippen molar-refractivity contribution in [1.82, 2.24) is 24.1 Å². The first-order valence-electron chi connectivity index (χ1n) is 16.0. The van der Waals surface area contributed by atoms with Crippen molar-refractivity contribution in [2.24, 2.45) is 0 Å². The predicted molar refractivity (Wildman–Crippen MR) is 183 cm³/mol. The Morgan fingerprint density at radius 2 is 1.53 bits per heavy atom. The molecule has 3 heterocycles. The summed E-state index contributed by atoms with van der Waals surface area (Å²) in [7, 11) is 0. The van der Waals surface area contributed by atoms with Crippen LogP contribution in [0.25, 0.3) is 10.9 Å². The van der Waals surface area contributed by atoms with Gasteiger partial charge in [0.1, 0.15) is 28.4 Å². The van der Waals surface area contributed by atoms with E-state index in [0.717, 1.165) is 34.0 Å². The van der Waals surface area contributed by atoms with E-state index in [4.69, 9.17) is 4.74 Å². The standard InChI is InChI=1S/C37H35F2N5O4S/c1-3-48-37(47)30-8-6-18-40-34(30)49-44(36(46)32-23-27-7-4-5-9-31(27)41-32)24(2)35(45)43-21-19-42(20-22-43)33(25-10-14-28(38)15-11-25)26-12-16-29(39)17-13-26/h4-18,23-24,33,41H,3,19-22H2,1-2H3/t24-/m1/s1. The number of carbonyl (C=O) groups is 3. The van der Waals surface area contributed by atoms with Crippen LogP contribution < -0.4 is 0 Å². The third-order valence-electron chi connectivity index (χ3n) is 8.48. The van der Waals surface area contributed by atoms with Crippen molar-refractivity contribution in [3.63, 3.8) is 0 Å². The van der Waals surface area contributed by atoms with Crippen LogP contribution in [-0.4, -0.2) is 80.7 Å². The minimum absolute atomic E-state index is 0.166. The zero-order valence-corrected chi connectivity index (χ0v) is 27.8. The molecule has 3 aromatic carbocycles. The smallest absolute Gasteiger partial charge is 0.340 e. The number of aromatic amines is 1. The number of hydrogen-bond donors (Lipinski definition) is 1. The number of H-pyrrole nitrogens is 1. The molecule has 9 nitrogen and oxygen atoms in total. The highest BCUT2D eigenvalue weighted by molar-refractivity contribution is 7.97. The minimum atomic E-state index is -0.947. The fourth-order valence-electron chi connectivity index (χ4n) is 5.99. The molecule has 1 atom stereocenters. The number of halogens is 2. The maximum absolute atomic E-state index is 14.2. The molecule has 0 unspecified atom stereocenters. The van der Waals surface area contributed by atoms with Crippen molar-refractivity contribution in [3.05, 3.63) is 131 Å².